The van der Waals surface area contributed by atoms with Crippen molar-refractivity contribution in [2.24, 2.45) is 0 Å². The maximum atomic E-state index is 11.4. The number of amides is 2. The number of carbonyl (C=O) groups excluding carboxylic acids is 1. The average molecular weight is 264 g/mol. The summed E-state index contributed by atoms with van der Waals surface area (Å²) in [7, 11) is 0. The molecular weight excluding hydrogens is 244 g/mol. The lowest BCUT2D eigenvalue weighted by atomic mass is 10.1. The predicted molar refractivity (Wildman–Crippen MR) is 72.3 cm³/mol. The van der Waals surface area contributed by atoms with Crippen molar-refractivity contribution in [2.75, 3.05) is 26.2 Å². The molecule has 0 saturated carbocycles. The van der Waals surface area contributed by atoms with Crippen LogP contribution in [0.25, 0.3) is 0 Å². The Morgan fingerprint density at radius 1 is 1.53 bits per heavy atom. The van der Waals surface area contributed by atoms with Crippen molar-refractivity contribution < 1.29 is 14.6 Å². The molecule has 19 heavy (non-hydrogen) atoms. The Bertz CT molecular complexity index is 460. The Balaban J connectivity index is 1.93. The highest BCUT2D eigenvalue weighted by Gasteiger charge is 2.19. The first-order valence-electron chi connectivity index (χ1n) is 6.52. The molecule has 0 spiro atoms. The van der Waals surface area contributed by atoms with Crippen LogP contribution in [0.2, 0.25) is 0 Å². The number of benzene rings is 1. The molecule has 5 heteroatoms. The molecule has 2 rings (SSSR count). The van der Waals surface area contributed by atoms with E-state index in [0.717, 1.165) is 17.7 Å². The second-order valence-electron chi connectivity index (χ2n) is 4.78. The van der Waals surface area contributed by atoms with Gasteiger partial charge in [0.25, 0.3) is 0 Å². The summed E-state index contributed by atoms with van der Waals surface area (Å²) in [4.78, 5) is 13.1. The summed E-state index contributed by atoms with van der Waals surface area (Å²) in [5, 5.41) is 12.5. The van der Waals surface area contributed by atoms with Gasteiger partial charge in [-0.25, -0.2) is 4.79 Å². The Labute approximate surface area is 113 Å². The van der Waals surface area contributed by atoms with Crippen LogP contribution in [0.3, 0.4) is 0 Å². The number of nitrogens with one attached hydrogen (secondary N) is 1. The van der Waals surface area contributed by atoms with E-state index in [1.165, 1.54) is 0 Å². The Morgan fingerprint density at radius 2 is 2.32 bits per heavy atom. The van der Waals surface area contributed by atoms with E-state index in [2.05, 4.69) is 5.32 Å². The van der Waals surface area contributed by atoms with Crippen LogP contribution in [0.5, 0.6) is 5.75 Å². The van der Waals surface area contributed by atoms with Crippen LogP contribution in [0.1, 0.15) is 24.2 Å². The third-order valence-electron chi connectivity index (χ3n) is 3.18. The van der Waals surface area contributed by atoms with Crippen LogP contribution in [0.4, 0.5) is 4.79 Å². The second-order valence-corrected chi connectivity index (χ2v) is 4.78. The zero-order valence-electron chi connectivity index (χ0n) is 11.3. The lowest BCUT2D eigenvalue weighted by Gasteiger charge is -2.17. The fourth-order valence-electron chi connectivity index (χ4n) is 2.12. The maximum Gasteiger partial charge on any atom is 0.317 e. The van der Waals surface area contributed by atoms with E-state index >= 15 is 0 Å². The van der Waals surface area contributed by atoms with Crippen molar-refractivity contribution in [3.05, 3.63) is 29.3 Å². The molecule has 0 bridgehead atoms. The number of urea groups is 1. The van der Waals surface area contributed by atoms with Gasteiger partial charge in [-0.2, -0.15) is 0 Å². The summed E-state index contributed by atoms with van der Waals surface area (Å²) in [5.74, 6) is 0.681. The first-order chi connectivity index (χ1) is 9.08. The number of rotatable bonds is 5. The van der Waals surface area contributed by atoms with Crippen LogP contribution < -0.4 is 10.1 Å². The molecule has 0 radical (unpaired) electrons. The number of hydrogen-bond acceptors (Lipinski definition) is 3. The highest BCUT2D eigenvalue weighted by atomic mass is 16.5. The maximum absolute atomic E-state index is 11.4. The fraction of sp³-hybridized carbons (Fsp3) is 0.500. The molecule has 1 atom stereocenters. The Hall–Kier alpha value is -1.75. The van der Waals surface area contributed by atoms with Gasteiger partial charge in [-0.3, -0.25) is 0 Å². The molecule has 1 fully saturated rings. The summed E-state index contributed by atoms with van der Waals surface area (Å²) >= 11 is 0. The van der Waals surface area contributed by atoms with Gasteiger partial charge in [-0.05, 0) is 26.0 Å². The number of hydrogen-bond donors (Lipinski definition) is 2. The molecule has 1 aromatic rings. The monoisotopic (exact) mass is 264 g/mol. The Morgan fingerprint density at radius 3 is 2.95 bits per heavy atom. The Kier molecular flexibility index (Phi) is 4.27. The third kappa shape index (κ3) is 3.38. The molecule has 2 N–H and O–H groups in total. The SMILES string of the molecule is Cc1ccc(OCCN2CCNC2=O)c([C@@H](C)O)c1. The van der Waals surface area contributed by atoms with Crippen molar-refractivity contribution in [2.45, 2.75) is 20.0 Å². The van der Waals surface area contributed by atoms with Crippen molar-refractivity contribution in [3.8, 4) is 5.75 Å². The molecule has 0 aliphatic carbocycles. The minimum absolute atomic E-state index is 0.0387. The summed E-state index contributed by atoms with van der Waals surface area (Å²) in [6.45, 7) is 6.09. The number of ether oxygens (including phenoxy) is 1. The summed E-state index contributed by atoms with van der Waals surface area (Å²) in [6, 6.07) is 5.69. The van der Waals surface area contributed by atoms with E-state index in [0.29, 0.717) is 25.4 Å². The zero-order valence-corrected chi connectivity index (χ0v) is 11.3. The lowest BCUT2D eigenvalue weighted by Crippen LogP contribution is -2.31. The van der Waals surface area contributed by atoms with E-state index in [1.807, 2.05) is 25.1 Å². The van der Waals surface area contributed by atoms with Crippen LogP contribution >= 0.6 is 0 Å². The summed E-state index contributed by atoms with van der Waals surface area (Å²) in [5.41, 5.74) is 1.87. The molecule has 2 amide bonds. The van der Waals surface area contributed by atoms with Crippen molar-refractivity contribution in [1.29, 1.82) is 0 Å². The van der Waals surface area contributed by atoms with Gasteiger partial charge in [0.2, 0.25) is 0 Å². The largest absolute Gasteiger partial charge is 0.491 e. The van der Waals surface area contributed by atoms with Crippen molar-refractivity contribution in [3.63, 3.8) is 0 Å². The lowest BCUT2D eigenvalue weighted by molar-refractivity contribution is 0.184. The molecule has 104 valence electrons. The smallest absolute Gasteiger partial charge is 0.317 e. The van der Waals surface area contributed by atoms with Gasteiger partial charge < -0.3 is 20.1 Å². The highest BCUT2D eigenvalue weighted by Crippen LogP contribution is 2.26. The number of aliphatic hydroxyl groups is 1. The second kappa shape index (κ2) is 5.93. The normalized spacial score (nSPS) is 16.4. The van der Waals surface area contributed by atoms with Crippen LogP contribution in [0, 0.1) is 6.92 Å². The van der Waals surface area contributed by atoms with Crippen LogP contribution in [-0.2, 0) is 0 Å². The zero-order chi connectivity index (χ0) is 13.8. The number of nitrogens with zero attached hydrogens (tertiary/aromatic N) is 1. The number of aryl methyl sites for hydroxylation is 1. The molecule has 1 aliphatic rings. The van der Waals surface area contributed by atoms with Gasteiger partial charge in [0, 0.05) is 18.7 Å². The van der Waals surface area contributed by atoms with Crippen LogP contribution in [0.15, 0.2) is 18.2 Å². The first-order valence-corrected chi connectivity index (χ1v) is 6.52. The first kappa shape index (κ1) is 13.7. The van der Waals surface area contributed by atoms with Gasteiger partial charge in [0.15, 0.2) is 0 Å². The fourth-order valence-corrected chi connectivity index (χ4v) is 2.12. The molecule has 1 aliphatic heterocycles. The molecule has 1 saturated heterocycles. The van der Waals surface area contributed by atoms with Gasteiger partial charge in [0.1, 0.15) is 12.4 Å². The number of carbonyl (C=O) groups is 1. The molecular formula is C14H20N2O3. The molecule has 1 aromatic carbocycles. The molecule has 0 aromatic heterocycles. The molecule has 1 heterocycles. The average Bonchev–Trinajstić information content (AvgIpc) is 2.77. The third-order valence-corrected chi connectivity index (χ3v) is 3.18. The minimum atomic E-state index is -0.565. The standard InChI is InChI=1S/C14H20N2O3/c1-10-3-4-13(12(9-10)11(2)17)19-8-7-16-6-5-15-14(16)18/h3-4,9,11,17H,5-8H2,1-2H3,(H,15,18)/t11-/m1/s1. The predicted octanol–water partition coefficient (Wildman–Crippen LogP) is 1.45. The van der Waals surface area contributed by atoms with Gasteiger partial charge in [-0.1, -0.05) is 11.6 Å². The van der Waals surface area contributed by atoms with Crippen LogP contribution in [-0.4, -0.2) is 42.3 Å². The minimum Gasteiger partial charge on any atom is -0.491 e. The van der Waals surface area contributed by atoms with E-state index in [4.69, 9.17) is 4.74 Å². The van der Waals surface area contributed by atoms with E-state index < -0.39 is 6.10 Å². The van der Waals surface area contributed by atoms with Gasteiger partial charge >= 0.3 is 6.03 Å². The topological polar surface area (TPSA) is 61.8 Å². The highest BCUT2D eigenvalue weighted by molar-refractivity contribution is 5.76. The molecule has 5 nitrogen and oxygen atoms in total. The van der Waals surface area contributed by atoms with Crippen molar-refractivity contribution in [1.82, 2.24) is 10.2 Å². The summed E-state index contributed by atoms with van der Waals surface area (Å²) in [6.07, 6.45) is -0.565. The van der Waals surface area contributed by atoms with Crippen molar-refractivity contribution >= 4 is 6.03 Å². The van der Waals surface area contributed by atoms with E-state index in [1.54, 1.807) is 11.8 Å². The van der Waals surface area contributed by atoms with Gasteiger partial charge in [-0.15, -0.1) is 0 Å². The van der Waals surface area contributed by atoms with E-state index in [-0.39, 0.29) is 6.03 Å². The summed E-state index contributed by atoms with van der Waals surface area (Å²) < 4.78 is 5.68. The quantitative estimate of drug-likeness (QED) is 0.846. The number of aliphatic hydroxyl groups excluding tert-OH is 1. The van der Waals surface area contributed by atoms with E-state index in [9.17, 15) is 9.90 Å². The van der Waals surface area contributed by atoms with Gasteiger partial charge in [0.05, 0.1) is 12.6 Å². The molecule has 0 unspecified atom stereocenters.